The number of carbonyl (C=O) groups is 1. The van der Waals surface area contributed by atoms with E-state index in [1.165, 1.54) is 0 Å². The maximum Gasteiger partial charge on any atom is 0.253 e. The molecule has 0 saturated carbocycles. The standard InChI is InChI=1S/C15H22N2O5/c1-8-12(14(20)13(19)11(7-18)22-8)17-15(21)9-5-3-4-6-10(9)16-2/h3-6,8,11-14,16,18-20H,7H2,1-2H3,(H,17,21). The lowest BCUT2D eigenvalue weighted by Crippen LogP contribution is -2.63. The summed E-state index contributed by atoms with van der Waals surface area (Å²) in [6, 6.07) is 6.20. The highest BCUT2D eigenvalue weighted by molar-refractivity contribution is 5.99. The first-order valence-electron chi connectivity index (χ1n) is 7.19. The van der Waals surface area contributed by atoms with Crippen LogP contribution in [0.2, 0.25) is 0 Å². The van der Waals surface area contributed by atoms with Crippen molar-refractivity contribution in [2.45, 2.75) is 37.4 Å². The molecular formula is C15H22N2O5. The van der Waals surface area contributed by atoms with Gasteiger partial charge < -0.3 is 30.7 Å². The molecule has 122 valence electrons. The van der Waals surface area contributed by atoms with Crippen LogP contribution in [-0.4, -0.2) is 65.3 Å². The molecule has 1 amide bonds. The number of aliphatic hydroxyl groups is 3. The first-order valence-corrected chi connectivity index (χ1v) is 7.19. The summed E-state index contributed by atoms with van der Waals surface area (Å²) in [7, 11) is 1.71. The van der Waals surface area contributed by atoms with Gasteiger partial charge >= 0.3 is 0 Å². The number of para-hydroxylation sites is 1. The van der Waals surface area contributed by atoms with Crippen LogP contribution < -0.4 is 10.6 Å². The highest BCUT2D eigenvalue weighted by atomic mass is 16.5. The molecule has 0 radical (unpaired) electrons. The molecule has 5 atom stereocenters. The number of ether oxygens (including phenoxy) is 1. The Hall–Kier alpha value is -1.67. The van der Waals surface area contributed by atoms with Gasteiger partial charge in [0.05, 0.1) is 24.3 Å². The third-order valence-corrected chi connectivity index (χ3v) is 3.91. The van der Waals surface area contributed by atoms with Crippen molar-refractivity contribution in [3.05, 3.63) is 29.8 Å². The van der Waals surface area contributed by atoms with Gasteiger partial charge in [0.15, 0.2) is 0 Å². The van der Waals surface area contributed by atoms with Gasteiger partial charge in [-0.2, -0.15) is 0 Å². The molecule has 7 nitrogen and oxygen atoms in total. The zero-order chi connectivity index (χ0) is 16.3. The predicted molar refractivity (Wildman–Crippen MR) is 80.7 cm³/mol. The van der Waals surface area contributed by atoms with Crippen molar-refractivity contribution in [2.75, 3.05) is 19.0 Å². The van der Waals surface area contributed by atoms with Crippen molar-refractivity contribution >= 4 is 11.6 Å². The fourth-order valence-corrected chi connectivity index (χ4v) is 2.63. The summed E-state index contributed by atoms with van der Waals surface area (Å²) >= 11 is 0. The van der Waals surface area contributed by atoms with Crippen molar-refractivity contribution in [1.29, 1.82) is 0 Å². The average Bonchev–Trinajstić information content (AvgIpc) is 2.54. The first kappa shape index (κ1) is 16.7. The normalized spacial score (nSPS) is 31.6. The minimum atomic E-state index is -1.26. The van der Waals surface area contributed by atoms with Crippen LogP contribution in [-0.2, 0) is 4.74 Å². The Morgan fingerprint density at radius 2 is 1.95 bits per heavy atom. The van der Waals surface area contributed by atoms with Crippen molar-refractivity contribution < 1.29 is 24.9 Å². The summed E-state index contributed by atoms with van der Waals surface area (Å²) < 4.78 is 5.43. The molecule has 1 aliphatic rings. The largest absolute Gasteiger partial charge is 0.394 e. The molecule has 0 bridgehead atoms. The molecule has 5 unspecified atom stereocenters. The van der Waals surface area contributed by atoms with Crippen LogP contribution in [0.3, 0.4) is 0 Å². The third-order valence-electron chi connectivity index (χ3n) is 3.91. The zero-order valence-corrected chi connectivity index (χ0v) is 12.6. The second-order valence-corrected chi connectivity index (χ2v) is 5.34. The first-order chi connectivity index (χ1) is 10.5. The van der Waals surface area contributed by atoms with Gasteiger partial charge in [-0.25, -0.2) is 0 Å². The molecule has 1 heterocycles. The monoisotopic (exact) mass is 310 g/mol. The molecule has 0 aliphatic carbocycles. The number of hydrogen-bond acceptors (Lipinski definition) is 6. The topological polar surface area (TPSA) is 111 Å². The van der Waals surface area contributed by atoms with Gasteiger partial charge in [0.25, 0.3) is 5.91 Å². The number of aliphatic hydroxyl groups excluding tert-OH is 3. The van der Waals surface area contributed by atoms with Gasteiger partial charge in [0.1, 0.15) is 18.3 Å². The van der Waals surface area contributed by atoms with Gasteiger partial charge in [-0.3, -0.25) is 4.79 Å². The molecular weight excluding hydrogens is 288 g/mol. The Balaban J connectivity index is 2.14. The molecule has 1 fully saturated rings. The highest BCUT2D eigenvalue weighted by Crippen LogP contribution is 2.22. The van der Waals surface area contributed by atoms with E-state index in [1.54, 1.807) is 38.2 Å². The number of amides is 1. The molecule has 1 aliphatic heterocycles. The predicted octanol–water partition coefficient (Wildman–Crippen LogP) is -0.672. The van der Waals surface area contributed by atoms with E-state index in [4.69, 9.17) is 9.84 Å². The van der Waals surface area contributed by atoms with Crippen molar-refractivity contribution in [2.24, 2.45) is 0 Å². The number of carbonyl (C=O) groups excluding carboxylic acids is 1. The number of hydrogen-bond donors (Lipinski definition) is 5. The Morgan fingerprint density at radius 3 is 2.59 bits per heavy atom. The number of rotatable bonds is 4. The van der Waals surface area contributed by atoms with Gasteiger partial charge in [-0.1, -0.05) is 12.1 Å². The van der Waals surface area contributed by atoms with Crippen LogP contribution in [0, 0.1) is 0 Å². The van der Waals surface area contributed by atoms with E-state index in [1.807, 2.05) is 0 Å². The average molecular weight is 310 g/mol. The zero-order valence-electron chi connectivity index (χ0n) is 12.6. The molecule has 0 aromatic heterocycles. The maximum absolute atomic E-state index is 12.4. The Kier molecular flexibility index (Phi) is 5.36. The second kappa shape index (κ2) is 7.06. The van der Waals surface area contributed by atoms with E-state index in [0.717, 1.165) is 0 Å². The summed E-state index contributed by atoms with van der Waals surface area (Å²) in [6.07, 6.45) is -3.87. The van der Waals surface area contributed by atoms with Gasteiger partial charge in [0.2, 0.25) is 0 Å². The van der Waals surface area contributed by atoms with Crippen molar-refractivity contribution in [3.8, 4) is 0 Å². The van der Waals surface area contributed by atoms with Gasteiger partial charge in [0, 0.05) is 12.7 Å². The Bertz CT molecular complexity index is 524. The highest BCUT2D eigenvalue weighted by Gasteiger charge is 2.43. The van der Waals surface area contributed by atoms with E-state index in [-0.39, 0.29) is 5.91 Å². The lowest BCUT2D eigenvalue weighted by molar-refractivity contribution is -0.187. The van der Waals surface area contributed by atoms with Crippen LogP contribution in [0.4, 0.5) is 5.69 Å². The number of benzene rings is 1. The SMILES string of the molecule is CNc1ccccc1C(=O)NC1C(C)OC(CO)C(O)C1O. The Labute approximate surface area is 128 Å². The summed E-state index contributed by atoms with van der Waals surface area (Å²) in [5, 5.41) is 34.8. The fourth-order valence-electron chi connectivity index (χ4n) is 2.63. The number of nitrogens with one attached hydrogen (secondary N) is 2. The molecule has 5 N–H and O–H groups in total. The summed E-state index contributed by atoms with van der Waals surface area (Å²) in [4.78, 5) is 12.4. The van der Waals surface area contributed by atoms with Crippen molar-refractivity contribution in [1.82, 2.24) is 5.32 Å². The summed E-state index contributed by atoms with van der Waals surface area (Å²) in [6.45, 7) is 1.28. The van der Waals surface area contributed by atoms with E-state index in [0.29, 0.717) is 11.3 Å². The molecule has 1 aromatic rings. The van der Waals surface area contributed by atoms with Crippen LogP contribution in [0.1, 0.15) is 17.3 Å². The van der Waals surface area contributed by atoms with E-state index in [9.17, 15) is 15.0 Å². The second-order valence-electron chi connectivity index (χ2n) is 5.34. The molecule has 1 saturated heterocycles. The minimum Gasteiger partial charge on any atom is -0.394 e. The van der Waals surface area contributed by atoms with Crippen molar-refractivity contribution in [3.63, 3.8) is 0 Å². The summed E-state index contributed by atoms with van der Waals surface area (Å²) in [5.74, 6) is -0.376. The van der Waals surface area contributed by atoms with Crippen LogP contribution in [0.5, 0.6) is 0 Å². The molecule has 22 heavy (non-hydrogen) atoms. The van der Waals surface area contributed by atoms with Crippen LogP contribution in [0.25, 0.3) is 0 Å². The van der Waals surface area contributed by atoms with E-state index < -0.39 is 37.1 Å². The quantitative estimate of drug-likeness (QED) is 0.504. The smallest absolute Gasteiger partial charge is 0.253 e. The lowest BCUT2D eigenvalue weighted by Gasteiger charge is -2.41. The maximum atomic E-state index is 12.4. The van der Waals surface area contributed by atoms with Gasteiger partial charge in [-0.15, -0.1) is 0 Å². The summed E-state index contributed by atoms with van der Waals surface area (Å²) in [5.41, 5.74) is 1.09. The number of anilines is 1. The molecule has 7 heteroatoms. The molecule has 2 rings (SSSR count). The van der Waals surface area contributed by atoms with Gasteiger partial charge in [-0.05, 0) is 19.1 Å². The van der Waals surface area contributed by atoms with E-state index >= 15 is 0 Å². The minimum absolute atomic E-state index is 0.376. The van der Waals surface area contributed by atoms with Crippen LogP contribution in [0.15, 0.2) is 24.3 Å². The third kappa shape index (κ3) is 3.22. The van der Waals surface area contributed by atoms with E-state index in [2.05, 4.69) is 10.6 Å². The molecule has 1 aromatic carbocycles. The van der Waals surface area contributed by atoms with Crippen LogP contribution >= 0.6 is 0 Å². The molecule has 0 spiro atoms. The fraction of sp³-hybridized carbons (Fsp3) is 0.533. The Morgan fingerprint density at radius 1 is 1.27 bits per heavy atom. The lowest BCUT2D eigenvalue weighted by atomic mass is 9.93.